The van der Waals surface area contributed by atoms with Gasteiger partial charge in [-0.1, -0.05) is 26.0 Å². The molecule has 2 heterocycles. The Hall–Kier alpha value is -2.44. The maximum absolute atomic E-state index is 13.6. The number of benzene rings is 1. The van der Waals surface area contributed by atoms with Gasteiger partial charge in [-0.15, -0.1) is 10.2 Å². The number of hydrogen-bond donors (Lipinski definition) is 2. The van der Waals surface area contributed by atoms with Crippen molar-refractivity contribution in [2.24, 2.45) is 4.99 Å². The third kappa shape index (κ3) is 4.84. The summed E-state index contributed by atoms with van der Waals surface area (Å²) in [6.07, 6.45) is 3.35. The maximum atomic E-state index is 13.6. The minimum Gasteiger partial charge on any atom is -0.357 e. The second-order valence-electron chi connectivity index (χ2n) is 7.58. The lowest BCUT2D eigenvalue weighted by Crippen LogP contribution is -2.43. The van der Waals surface area contributed by atoms with Crippen LogP contribution in [-0.4, -0.2) is 33.8 Å². The molecule has 0 aliphatic carbocycles. The summed E-state index contributed by atoms with van der Waals surface area (Å²) in [4.78, 5) is 4.68. The first kappa shape index (κ1) is 19.3. The van der Waals surface area contributed by atoms with Crippen LogP contribution >= 0.6 is 0 Å². The molecule has 2 aromatic rings. The summed E-state index contributed by atoms with van der Waals surface area (Å²) in [5.41, 5.74) is 0.726. The summed E-state index contributed by atoms with van der Waals surface area (Å²) >= 11 is 0. The number of aromatic nitrogens is 3. The minimum absolute atomic E-state index is 0.210. The number of nitrogens with one attached hydrogen (secondary N) is 2. The smallest absolute Gasteiger partial charge is 0.191 e. The average Bonchev–Trinajstić information content (AvgIpc) is 3.07. The predicted molar refractivity (Wildman–Crippen MR) is 105 cm³/mol. The van der Waals surface area contributed by atoms with Gasteiger partial charge in [0.15, 0.2) is 11.8 Å². The third-order valence-electron chi connectivity index (χ3n) is 4.96. The molecule has 0 spiro atoms. The van der Waals surface area contributed by atoms with Crippen LogP contribution < -0.4 is 10.6 Å². The summed E-state index contributed by atoms with van der Waals surface area (Å²) in [6, 6.07) is 6.77. The molecule has 0 bridgehead atoms. The quantitative estimate of drug-likeness (QED) is 0.604. The number of rotatable bonds is 6. The number of aliphatic imine (C=N–C) groups is 1. The van der Waals surface area contributed by atoms with E-state index < -0.39 is 0 Å². The number of aryl methyl sites for hydroxylation is 1. The number of fused-ring (bicyclic) bond motifs is 1. The van der Waals surface area contributed by atoms with Crippen molar-refractivity contribution in [3.63, 3.8) is 0 Å². The number of hydrogen-bond acceptors (Lipinski definition) is 3. The van der Waals surface area contributed by atoms with Gasteiger partial charge in [0.25, 0.3) is 0 Å². The summed E-state index contributed by atoms with van der Waals surface area (Å²) in [5.74, 6) is 2.50. The van der Waals surface area contributed by atoms with Crippen LogP contribution in [-0.2, 0) is 24.9 Å². The first-order valence-corrected chi connectivity index (χ1v) is 9.69. The van der Waals surface area contributed by atoms with E-state index in [0.717, 1.165) is 42.7 Å². The summed E-state index contributed by atoms with van der Waals surface area (Å²) in [5, 5.41) is 15.2. The third-order valence-corrected chi connectivity index (χ3v) is 4.96. The molecular weight excluding hydrogens is 343 g/mol. The molecule has 2 N–H and O–H groups in total. The molecule has 0 radical (unpaired) electrons. The van der Waals surface area contributed by atoms with E-state index in [1.807, 2.05) is 13.0 Å². The largest absolute Gasteiger partial charge is 0.357 e. The molecule has 1 aromatic heterocycles. The summed E-state index contributed by atoms with van der Waals surface area (Å²) < 4.78 is 15.7. The SMILES string of the molecule is CCNC(=NCc1nnc2n1CCCC2)NCC(C)(C)c1cccc(F)c1. The lowest BCUT2D eigenvalue weighted by molar-refractivity contribution is 0.500. The molecule has 146 valence electrons. The Morgan fingerprint density at radius 1 is 1.26 bits per heavy atom. The second-order valence-corrected chi connectivity index (χ2v) is 7.58. The van der Waals surface area contributed by atoms with E-state index in [4.69, 9.17) is 0 Å². The lowest BCUT2D eigenvalue weighted by atomic mass is 9.84. The van der Waals surface area contributed by atoms with E-state index in [0.29, 0.717) is 13.1 Å². The van der Waals surface area contributed by atoms with Crippen molar-refractivity contribution >= 4 is 5.96 Å². The fourth-order valence-corrected chi connectivity index (χ4v) is 3.29. The molecule has 3 rings (SSSR count). The lowest BCUT2D eigenvalue weighted by Gasteiger charge is -2.27. The zero-order valence-corrected chi connectivity index (χ0v) is 16.4. The Morgan fingerprint density at radius 3 is 2.89 bits per heavy atom. The molecule has 0 amide bonds. The Bertz CT molecular complexity index is 796. The zero-order valence-electron chi connectivity index (χ0n) is 16.4. The molecule has 1 aliphatic heterocycles. The fraction of sp³-hybridized carbons (Fsp3) is 0.550. The van der Waals surface area contributed by atoms with Gasteiger partial charge in [0.05, 0.1) is 0 Å². The van der Waals surface area contributed by atoms with Crippen molar-refractivity contribution in [3.05, 3.63) is 47.3 Å². The van der Waals surface area contributed by atoms with Gasteiger partial charge in [-0.3, -0.25) is 0 Å². The Labute approximate surface area is 160 Å². The number of guanidine groups is 1. The van der Waals surface area contributed by atoms with E-state index >= 15 is 0 Å². The molecule has 0 unspecified atom stereocenters. The fourth-order valence-electron chi connectivity index (χ4n) is 3.29. The van der Waals surface area contributed by atoms with E-state index in [9.17, 15) is 4.39 Å². The molecule has 27 heavy (non-hydrogen) atoms. The highest BCUT2D eigenvalue weighted by atomic mass is 19.1. The predicted octanol–water partition coefficient (Wildman–Crippen LogP) is 2.79. The second kappa shape index (κ2) is 8.50. The van der Waals surface area contributed by atoms with Crippen LogP contribution in [0.3, 0.4) is 0 Å². The molecule has 6 nitrogen and oxygen atoms in total. The Balaban J connectivity index is 1.66. The Kier molecular flexibility index (Phi) is 6.08. The van der Waals surface area contributed by atoms with Crippen LogP contribution in [0.1, 0.15) is 50.8 Å². The standard InChI is InChI=1S/C20H29FN6/c1-4-22-19(23-13-18-26-25-17-10-5-6-11-27(17)18)24-14-20(2,3)15-8-7-9-16(21)12-15/h7-9,12H,4-6,10-11,13-14H2,1-3H3,(H2,22,23,24). The van der Waals surface area contributed by atoms with E-state index in [1.165, 1.54) is 18.9 Å². The van der Waals surface area contributed by atoms with E-state index in [-0.39, 0.29) is 11.2 Å². The normalized spacial score (nSPS) is 14.7. The van der Waals surface area contributed by atoms with Crippen molar-refractivity contribution in [2.75, 3.05) is 13.1 Å². The number of nitrogens with zero attached hydrogens (tertiary/aromatic N) is 4. The highest BCUT2D eigenvalue weighted by molar-refractivity contribution is 5.79. The highest BCUT2D eigenvalue weighted by Gasteiger charge is 2.21. The van der Waals surface area contributed by atoms with Crippen molar-refractivity contribution in [1.29, 1.82) is 0 Å². The molecule has 0 saturated carbocycles. The Morgan fingerprint density at radius 2 is 2.11 bits per heavy atom. The van der Waals surface area contributed by atoms with Gasteiger partial charge in [-0.25, -0.2) is 9.38 Å². The van der Waals surface area contributed by atoms with Crippen LogP contribution in [0.2, 0.25) is 0 Å². The highest BCUT2D eigenvalue weighted by Crippen LogP contribution is 2.22. The first-order chi connectivity index (χ1) is 13.0. The molecule has 0 fully saturated rings. The molecule has 7 heteroatoms. The molecule has 0 saturated heterocycles. The van der Waals surface area contributed by atoms with Crippen LogP contribution in [0.25, 0.3) is 0 Å². The zero-order chi connectivity index (χ0) is 19.3. The molecule has 0 atom stereocenters. The topological polar surface area (TPSA) is 67.1 Å². The molecule has 1 aromatic carbocycles. The number of halogens is 1. The maximum Gasteiger partial charge on any atom is 0.191 e. The van der Waals surface area contributed by atoms with Gasteiger partial charge in [0, 0.05) is 31.5 Å². The van der Waals surface area contributed by atoms with Gasteiger partial charge >= 0.3 is 0 Å². The van der Waals surface area contributed by atoms with Crippen molar-refractivity contribution in [2.45, 2.75) is 58.5 Å². The van der Waals surface area contributed by atoms with Crippen molar-refractivity contribution in [3.8, 4) is 0 Å². The van der Waals surface area contributed by atoms with Crippen LogP contribution in [0.15, 0.2) is 29.3 Å². The van der Waals surface area contributed by atoms with Crippen LogP contribution in [0, 0.1) is 5.82 Å². The van der Waals surface area contributed by atoms with E-state index in [2.05, 4.69) is 44.2 Å². The summed E-state index contributed by atoms with van der Waals surface area (Å²) in [6.45, 7) is 9.09. The van der Waals surface area contributed by atoms with Crippen LogP contribution in [0.4, 0.5) is 4.39 Å². The van der Waals surface area contributed by atoms with Gasteiger partial charge in [0.2, 0.25) is 0 Å². The van der Waals surface area contributed by atoms with Crippen LogP contribution in [0.5, 0.6) is 0 Å². The first-order valence-electron chi connectivity index (χ1n) is 9.69. The average molecular weight is 372 g/mol. The van der Waals surface area contributed by atoms with Gasteiger partial charge in [-0.05, 0) is 37.5 Å². The van der Waals surface area contributed by atoms with Crippen molar-refractivity contribution < 1.29 is 4.39 Å². The molecule has 1 aliphatic rings. The van der Waals surface area contributed by atoms with Gasteiger partial charge in [-0.2, -0.15) is 0 Å². The molecular formula is C20H29FN6. The minimum atomic E-state index is -0.230. The summed E-state index contributed by atoms with van der Waals surface area (Å²) in [7, 11) is 0. The van der Waals surface area contributed by atoms with Crippen molar-refractivity contribution in [1.82, 2.24) is 25.4 Å². The van der Waals surface area contributed by atoms with Gasteiger partial charge in [0.1, 0.15) is 18.2 Å². The van der Waals surface area contributed by atoms with E-state index in [1.54, 1.807) is 12.1 Å². The van der Waals surface area contributed by atoms with Gasteiger partial charge < -0.3 is 15.2 Å². The monoisotopic (exact) mass is 372 g/mol.